The van der Waals surface area contributed by atoms with E-state index in [-0.39, 0.29) is 24.7 Å². The molecule has 6 nitrogen and oxygen atoms in total. The third kappa shape index (κ3) is 2.64. The smallest absolute Gasteiger partial charge is 0.311 e. The standard InChI is InChI=1S/C12H20N2O4/c1-11(6-13-7-11)18-5-9(15)14-8-12(10(16)17)3-2-4-12/h13H,2-8H2,1H3,(H,14,15)(H,16,17). The summed E-state index contributed by atoms with van der Waals surface area (Å²) >= 11 is 0. The van der Waals surface area contributed by atoms with Gasteiger partial charge in [0.05, 0.1) is 11.0 Å². The molecule has 2 rings (SSSR count). The summed E-state index contributed by atoms with van der Waals surface area (Å²) in [5.74, 6) is -1.05. The van der Waals surface area contributed by atoms with E-state index in [2.05, 4.69) is 10.6 Å². The molecule has 102 valence electrons. The lowest BCUT2D eigenvalue weighted by Gasteiger charge is -2.39. The number of carbonyl (C=O) groups is 2. The molecule has 0 atom stereocenters. The first-order valence-electron chi connectivity index (χ1n) is 6.31. The summed E-state index contributed by atoms with van der Waals surface area (Å²) in [6, 6.07) is 0. The van der Waals surface area contributed by atoms with Crippen molar-refractivity contribution >= 4 is 11.9 Å². The average Bonchev–Trinajstić information content (AvgIpc) is 2.21. The van der Waals surface area contributed by atoms with Crippen molar-refractivity contribution < 1.29 is 19.4 Å². The van der Waals surface area contributed by atoms with E-state index in [0.29, 0.717) is 12.8 Å². The van der Waals surface area contributed by atoms with Crippen LogP contribution >= 0.6 is 0 Å². The summed E-state index contributed by atoms with van der Waals surface area (Å²) in [7, 11) is 0. The third-order valence-electron chi connectivity index (χ3n) is 3.94. The van der Waals surface area contributed by atoms with Crippen LogP contribution in [-0.2, 0) is 14.3 Å². The minimum atomic E-state index is -0.815. The van der Waals surface area contributed by atoms with Crippen molar-refractivity contribution in [2.45, 2.75) is 31.8 Å². The fourth-order valence-corrected chi connectivity index (χ4v) is 2.21. The van der Waals surface area contributed by atoms with Crippen LogP contribution in [0.4, 0.5) is 0 Å². The SMILES string of the molecule is CC1(OCC(=O)NCC2(C(=O)O)CCC2)CNC1. The zero-order valence-corrected chi connectivity index (χ0v) is 10.6. The van der Waals surface area contributed by atoms with Crippen LogP contribution in [0.3, 0.4) is 0 Å². The van der Waals surface area contributed by atoms with Gasteiger partial charge < -0.3 is 20.5 Å². The van der Waals surface area contributed by atoms with Crippen molar-refractivity contribution in [3.8, 4) is 0 Å². The van der Waals surface area contributed by atoms with Gasteiger partial charge in [-0.15, -0.1) is 0 Å². The van der Waals surface area contributed by atoms with Crippen LogP contribution in [0.2, 0.25) is 0 Å². The van der Waals surface area contributed by atoms with Gasteiger partial charge in [-0.05, 0) is 19.8 Å². The maximum Gasteiger partial charge on any atom is 0.311 e. The molecule has 0 radical (unpaired) electrons. The zero-order valence-electron chi connectivity index (χ0n) is 10.6. The van der Waals surface area contributed by atoms with Gasteiger partial charge in [-0.2, -0.15) is 0 Å². The van der Waals surface area contributed by atoms with Crippen LogP contribution in [0.15, 0.2) is 0 Å². The molecule has 18 heavy (non-hydrogen) atoms. The average molecular weight is 256 g/mol. The Morgan fingerprint density at radius 3 is 2.44 bits per heavy atom. The van der Waals surface area contributed by atoms with Gasteiger partial charge in [0.2, 0.25) is 5.91 Å². The second-order valence-electron chi connectivity index (χ2n) is 5.56. The van der Waals surface area contributed by atoms with Crippen LogP contribution < -0.4 is 10.6 Å². The molecule has 0 bridgehead atoms. The van der Waals surface area contributed by atoms with Crippen LogP contribution in [0.5, 0.6) is 0 Å². The Kier molecular flexibility index (Phi) is 3.59. The number of carboxylic acids is 1. The summed E-state index contributed by atoms with van der Waals surface area (Å²) in [6.45, 7) is 3.65. The van der Waals surface area contributed by atoms with Gasteiger partial charge in [0, 0.05) is 19.6 Å². The summed E-state index contributed by atoms with van der Waals surface area (Å²) in [5, 5.41) is 14.9. The largest absolute Gasteiger partial charge is 0.481 e. The highest BCUT2D eigenvalue weighted by molar-refractivity contribution is 5.80. The van der Waals surface area contributed by atoms with E-state index < -0.39 is 11.4 Å². The number of hydrogen-bond donors (Lipinski definition) is 3. The molecule has 1 saturated carbocycles. The zero-order chi connectivity index (χ0) is 13.2. The Hall–Kier alpha value is -1.14. The Labute approximate surface area is 106 Å². The summed E-state index contributed by atoms with van der Waals surface area (Å²) < 4.78 is 5.48. The van der Waals surface area contributed by atoms with Crippen molar-refractivity contribution in [2.24, 2.45) is 5.41 Å². The van der Waals surface area contributed by atoms with Crippen molar-refractivity contribution in [1.82, 2.24) is 10.6 Å². The predicted molar refractivity (Wildman–Crippen MR) is 64.2 cm³/mol. The summed E-state index contributed by atoms with van der Waals surface area (Å²) in [6.07, 6.45) is 2.21. The van der Waals surface area contributed by atoms with Gasteiger partial charge in [-0.3, -0.25) is 9.59 Å². The van der Waals surface area contributed by atoms with E-state index in [9.17, 15) is 9.59 Å². The van der Waals surface area contributed by atoms with E-state index in [1.807, 2.05) is 6.92 Å². The molecule has 6 heteroatoms. The van der Waals surface area contributed by atoms with Crippen LogP contribution in [-0.4, -0.2) is 48.8 Å². The Morgan fingerprint density at radius 1 is 1.39 bits per heavy atom. The molecule has 2 aliphatic rings. The van der Waals surface area contributed by atoms with Gasteiger partial charge >= 0.3 is 5.97 Å². The summed E-state index contributed by atoms with van der Waals surface area (Å²) in [5.41, 5.74) is -0.990. The normalized spacial score (nSPS) is 23.6. The fraction of sp³-hybridized carbons (Fsp3) is 0.833. The molecule has 0 unspecified atom stereocenters. The van der Waals surface area contributed by atoms with Crippen molar-refractivity contribution in [2.75, 3.05) is 26.2 Å². The molecule has 1 saturated heterocycles. The minimum Gasteiger partial charge on any atom is -0.481 e. The van der Waals surface area contributed by atoms with Gasteiger partial charge in [0.25, 0.3) is 0 Å². The lowest BCUT2D eigenvalue weighted by Crippen LogP contribution is -2.59. The second-order valence-corrected chi connectivity index (χ2v) is 5.56. The highest BCUT2D eigenvalue weighted by atomic mass is 16.5. The third-order valence-corrected chi connectivity index (χ3v) is 3.94. The maximum atomic E-state index is 11.6. The number of hydrogen-bond acceptors (Lipinski definition) is 4. The molecule has 1 amide bonds. The van der Waals surface area contributed by atoms with Gasteiger partial charge in [-0.1, -0.05) is 6.42 Å². The Bertz CT molecular complexity index is 348. The number of aliphatic carboxylic acids is 1. The molecule has 0 aromatic heterocycles. The van der Waals surface area contributed by atoms with Crippen LogP contribution in [0, 0.1) is 5.41 Å². The lowest BCUT2D eigenvalue weighted by molar-refractivity contribution is -0.154. The molecule has 2 fully saturated rings. The first kappa shape index (κ1) is 13.3. The number of carboxylic acid groups (broad SMARTS) is 1. The first-order valence-corrected chi connectivity index (χ1v) is 6.31. The van der Waals surface area contributed by atoms with Gasteiger partial charge in [0.15, 0.2) is 0 Å². The lowest BCUT2D eigenvalue weighted by atomic mass is 9.69. The second kappa shape index (κ2) is 4.85. The number of amides is 1. The molecular weight excluding hydrogens is 236 g/mol. The predicted octanol–water partition coefficient (Wildman–Crippen LogP) is -0.264. The number of rotatable bonds is 6. The fourth-order valence-electron chi connectivity index (χ4n) is 2.21. The molecule has 1 heterocycles. The van der Waals surface area contributed by atoms with E-state index in [1.165, 1.54) is 0 Å². The van der Waals surface area contributed by atoms with Crippen molar-refractivity contribution in [3.63, 3.8) is 0 Å². The maximum absolute atomic E-state index is 11.6. The molecule has 3 N–H and O–H groups in total. The van der Waals surface area contributed by atoms with Gasteiger partial charge in [-0.25, -0.2) is 0 Å². The quantitative estimate of drug-likeness (QED) is 0.609. The van der Waals surface area contributed by atoms with E-state index >= 15 is 0 Å². The van der Waals surface area contributed by atoms with Crippen molar-refractivity contribution in [3.05, 3.63) is 0 Å². The topological polar surface area (TPSA) is 87.7 Å². The van der Waals surface area contributed by atoms with Crippen molar-refractivity contribution in [1.29, 1.82) is 0 Å². The summed E-state index contributed by atoms with van der Waals surface area (Å²) in [4.78, 5) is 22.7. The number of ether oxygens (including phenoxy) is 1. The molecule has 0 aromatic carbocycles. The molecular formula is C12H20N2O4. The van der Waals surface area contributed by atoms with Crippen LogP contribution in [0.1, 0.15) is 26.2 Å². The Morgan fingerprint density at radius 2 is 2.06 bits per heavy atom. The Balaban J connectivity index is 1.69. The number of carbonyl (C=O) groups excluding carboxylic acids is 1. The highest BCUT2D eigenvalue weighted by Gasteiger charge is 2.44. The minimum absolute atomic E-state index is 0.00607. The first-order chi connectivity index (χ1) is 8.46. The molecule has 1 aliphatic heterocycles. The molecule has 1 aliphatic carbocycles. The van der Waals surface area contributed by atoms with E-state index in [1.54, 1.807) is 0 Å². The monoisotopic (exact) mass is 256 g/mol. The number of nitrogens with one attached hydrogen (secondary N) is 2. The van der Waals surface area contributed by atoms with Gasteiger partial charge in [0.1, 0.15) is 6.61 Å². The van der Waals surface area contributed by atoms with E-state index in [4.69, 9.17) is 9.84 Å². The van der Waals surface area contributed by atoms with Crippen LogP contribution in [0.25, 0.3) is 0 Å². The highest BCUT2D eigenvalue weighted by Crippen LogP contribution is 2.40. The molecule has 0 spiro atoms. The van der Waals surface area contributed by atoms with E-state index in [0.717, 1.165) is 19.5 Å². The molecule has 0 aromatic rings.